The maximum absolute atomic E-state index is 12.7. The predicted molar refractivity (Wildman–Crippen MR) is 105 cm³/mol. The van der Waals surface area contributed by atoms with Gasteiger partial charge < -0.3 is 10.1 Å². The first-order valence-corrected chi connectivity index (χ1v) is 11.0. The molecule has 5 nitrogen and oxygen atoms in total. The van der Waals surface area contributed by atoms with Gasteiger partial charge in [0.15, 0.2) is 5.13 Å². The van der Waals surface area contributed by atoms with E-state index in [0.717, 1.165) is 18.3 Å². The second kappa shape index (κ2) is 6.59. The third kappa shape index (κ3) is 3.44. The molecule has 1 N–H and O–H groups in total. The first kappa shape index (κ1) is 18.4. The highest BCUT2D eigenvalue weighted by atomic mass is 79.9. The van der Waals surface area contributed by atoms with Crippen LogP contribution in [-0.2, 0) is 9.53 Å². The minimum absolute atomic E-state index is 0.0206. The summed E-state index contributed by atoms with van der Waals surface area (Å²) in [5.41, 5.74) is 0.742. The Bertz CT molecular complexity index is 733. The largest absolute Gasteiger partial charge is 0.462 e. The molecule has 4 fully saturated rings. The molecule has 4 bridgehead atoms. The quantitative estimate of drug-likeness (QED) is 0.532. The predicted octanol–water partition coefficient (Wildman–Crippen LogP) is 4.69. The molecule has 4 aliphatic carbocycles. The second-order valence-electron chi connectivity index (χ2n) is 8.49. The van der Waals surface area contributed by atoms with Gasteiger partial charge in [-0.2, -0.15) is 0 Å². The number of esters is 1. The lowest BCUT2D eigenvalue weighted by molar-refractivity contribution is -0.123. The normalized spacial score (nSPS) is 34.7. The van der Waals surface area contributed by atoms with Crippen LogP contribution in [0.3, 0.4) is 0 Å². The van der Waals surface area contributed by atoms with E-state index in [0.29, 0.717) is 28.7 Å². The number of hydrogen-bond donors (Lipinski definition) is 1. The zero-order valence-electron chi connectivity index (χ0n) is 15.3. The summed E-state index contributed by atoms with van der Waals surface area (Å²) in [6.45, 7) is 3.88. The molecule has 0 aromatic carbocycles. The number of alkyl halides is 1. The van der Waals surface area contributed by atoms with Crippen LogP contribution in [0.1, 0.15) is 67.2 Å². The van der Waals surface area contributed by atoms with Crippen LogP contribution in [0.4, 0.5) is 5.13 Å². The highest BCUT2D eigenvalue weighted by Crippen LogP contribution is 2.65. The third-order valence-corrected chi connectivity index (χ3v) is 8.13. The average molecular weight is 441 g/mol. The molecule has 4 saturated carbocycles. The van der Waals surface area contributed by atoms with Crippen LogP contribution >= 0.6 is 27.3 Å². The number of hydrogen-bond acceptors (Lipinski definition) is 5. The lowest BCUT2D eigenvalue weighted by atomic mass is 9.48. The van der Waals surface area contributed by atoms with E-state index in [4.69, 9.17) is 4.74 Å². The number of ether oxygens (including phenoxy) is 1. The van der Waals surface area contributed by atoms with E-state index in [1.165, 1.54) is 43.4 Å². The van der Waals surface area contributed by atoms with Crippen molar-refractivity contribution in [1.29, 1.82) is 0 Å². The lowest BCUT2D eigenvalue weighted by Crippen LogP contribution is -2.53. The van der Waals surface area contributed by atoms with E-state index in [1.807, 2.05) is 0 Å². The van der Waals surface area contributed by atoms with Crippen LogP contribution in [0, 0.1) is 24.2 Å². The molecular weight excluding hydrogens is 416 g/mol. The standard InChI is InChI=1S/C19H25BrN2O3S/c1-3-25-16(24)15-11(2)21-17(26-15)22-14(23)9-18-5-12-4-13(6-18)8-19(20,7-12)10-18/h12-13H,3-10H2,1-2H3,(H,21,22,23). The number of nitrogens with zero attached hydrogens (tertiary/aromatic N) is 1. The monoisotopic (exact) mass is 440 g/mol. The number of rotatable bonds is 5. The van der Waals surface area contributed by atoms with Crippen molar-refractivity contribution in [2.45, 2.75) is 63.1 Å². The van der Waals surface area contributed by atoms with Gasteiger partial charge >= 0.3 is 5.97 Å². The molecule has 4 aliphatic rings. The summed E-state index contributed by atoms with van der Waals surface area (Å²) < 4.78 is 5.30. The van der Waals surface area contributed by atoms with Crippen molar-refractivity contribution in [2.24, 2.45) is 17.3 Å². The summed E-state index contributed by atoms with van der Waals surface area (Å²) in [5.74, 6) is 1.18. The minimum Gasteiger partial charge on any atom is -0.462 e. The van der Waals surface area contributed by atoms with Crippen LogP contribution in [-0.4, -0.2) is 27.8 Å². The van der Waals surface area contributed by atoms with E-state index in [-0.39, 0.29) is 21.6 Å². The van der Waals surface area contributed by atoms with Gasteiger partial charge in [-0.3, -0.25) is 4.79 Å². The first-order valence-electron chi connectivity index (χ1n) is 9.43. The van der Waals surface area contributed by atoms with Gasteiger partial charge in [-0.15, -0.1) is 0 Å². The van der Waals surface area contributed by atoms with E-state index in [1.54, 1.807) is 13.8 Å². The van der Waals surface area contributed by atoms with Gasteiger partial charge in [0.05, 0.1) is 12.3 Å². The number of halogens is 1. The molecule has 1 amide bonds. The molecule has 1 aromatic rings. The van der Waals surface area contributed by atoms with Gasteiger partial charge in [-0.05, 0) is 69.6 Å². The summed E-state index contributed by atoms with van der Waals surface area (Å²) in [6, 6.07) is 0. The maximum Gasteiger partial charge on any atom is 0.350 e. The summed E-state index contributed by atoms with van der Waals surface area (Å²) in [5, 5.41) is 3.43. The van der Waals surface area contributed by atoms with Crippen molar-refractivity contribution >= 4 is 44.3 Å². The van der Waals surface area contributed by atoms with E-state index >= 15 is 0 Å². The van der Waals surface area contributed by atoms with E-state index < -0.39 is 0 Å². The summed E-state index contributed by atoms with van der Waals surface area (Å²) in [7, 11) is 0. The fraction of sp³-hybridized carbons (Fsp3) is 0.737. The first-order chi connectivity index (χ1) is 12.3. The van der Waals surface area contributed by atoms with Crippen molar-refractivity contribution < 1.29 is 14.3 Å². The molecule has 5 rings (SSSR count). The number of amides is 1. The fourth-order valence-electron chi connectivity index (χ4n) is 5.88. The number of carbonyl (C=O) groups excluding carboxylic acids is 2. The number of thiazole rings is 1. The molecule has 1 aromatic heterocycles. The Morgan fingerprint density at radius 2 is 2.00 bits per heavy atom. The Kier molecular flexibility index (Phi) is 4.66. The molecule has 0 spiro atoms. The molecule has 0 saturated heterocycles. The Hall–Kier alpha value is -0.950. The molecule has 2 unspecified atom stereocenters. The molecular formula is C19H25BrN2O3S. The minimum atomic E-state index is -0.370. The summed E-state index contributed by atoms with van der Waals surface area (Å²) in [4.78, 5) is 29.5. The lowest BCUT2D eigenvalue weighted by Gasteiger charge is -2.60. The maximum atomic E-state index is 12.7. The van der Waals surface area contributed by atoms with Crippen LogP contribution < -0.4 is 5.32 Å². The van der Waals surface area contributed by atoms with Gasteiger partial charge in [0.2, 0.25) is 5.91 Å². The SMILES string of the molecule is CCOC(=O)c1sc(NC(=O)CC23CC4CC(CC(Br)(C4)C2)C3)nc1C. The Labute approximate surface area is 166 Å². The molecule has 2 atom stereocenters. The van der Waals surface area contributed by atoms with E-state index in [2.05, 4.69) is 26.2 Å². The van der Waals surface area contributed by atoms with Crippen molar-refractivity contribution in [1.82, 2.24) is 4.98 Å². The summed E-state index contributed by atoms with van der Waals surface area (Å²) in [6.07, 6.45) is 7.88. The average Bonchev–Trinajstić information content (AvgIpc) is 2.84. The van der Waals surface area contributed by atoms with Crippen molar-refractivity contribution in [2.75, 3.05) is 11.9 Å². The number of aromatic nitrogens is 1. The smallest absolute Gasteiger partial charge is 0.350 e. The van der Waals surface area contributed by atoms with Crippen molar-refractivity contribution in [3.05, 3.63) is 10.6 Å². The Morgan fingerprint density at radius 1 is 1.31 bits per heavy atom. The highest BCUT2D eigenvalue weighted by molar-refractivity contribution is 9.10. The molecule has 142 valence electrons. The van der Waals surface area contributed by atoms with Crippen LogP contribution in [0.2, 0.25) is 0 Å². The van der Waals surface area contributed by atoms with Crippen LogP contribution in [0.15, 0.2) is 0 Å². The molecule has 1 heterocycles. The van der Waals surface area contributed by atoms with Crippen molar-refractivity contribution in [3.8, 4) is 0 Å². The number of nitrogens with one attached hydrogen (secondary N) is 1. The third-order valence-electron chi connectivity index (χ3n) is 6.15. The fourth-order valence-corrected chi connectivity index (χ4v) is 8.27. The highest BCUT2D eigenvalue weighted by Gasteiger charge is 2.57. The van der Waals surface area contributed by atoms with Gasteiger partial charge in [0.25, 0.3) is 0 Å². The van der Waals surface area contributed by atoms with Gasteiger partial charge in [-0.1, -0.05) is 27.3 Å². The van der Waals surface area contributed by atoms with Crippen molar-refractivity contribution in [3.63, 3.8) is 0 Å². The molecule has 7 heteroatoms. The number of anilines is 1. The van der Waals surface area contributed by atoms with Crippen LogP contribution in [0.25, 0.3) is 0 Å². The van der Waals surface area contributed by atoms with E-state index in [9.17, 15) is 9.59 Å². The van der Waals surface area contributed by atoms with Crippen LogP contribution in [0.5, 0.6) is 0 Å². The van der Waals surface area contributed by atoms with Gasteiger partial charge in [0, 0.05) is 10.7 Å². The molecule has 0 aliphatic heterocycles. The van der Waals surface area contributed by atoms with Gasteiger partial charge in [-0.25, -0.2) is 9.78 Å². The number of carbonyl (C=O) groups is 2. The Morgan fingerprint density at radius 3 is 2.62 bits per heavy atom. The topological polar surface area (TPSA) is 68.3 Å². The second-order valence-corrected chi connectivity index (χ2v) is 11.2. The number of aryl methyl sites for hydroxylation is 1. The molecule has 0 radical (unpaired) electrons. The molecule has 26 heavy (non-hydrogen) atoms. The Balaban J connectivity index is 1.43. The van der Waals surface area contributed by atoms with Gasteiger partial charge in [0.1, 0.15) is 4.88 Å². The zero-order valence-corrected chi connectivity index (χ0v) is 17.7. The summed E-state index contributed by atoms with van der Waals surface area (Å²) >= 11 is 5.20. The zero-order chi connectivity index (χ0) is 18.5.